The average Bonchev–Trinajstić information content (AvgIpc) is 3.17. The van der Waals surface area contributed by atoms with Gasteiger partial charge in [-0.25, -0.2) is 9.48 Å². The van der Waals surface area contributed by atoms with Crippen LogP contribution in [-0.4, -0.2) is 38.9 Å². The Morgan fingerprint density at radius 1 is 1.30 bits per heavy atom. The number of amides is 1. The lowest BCUT2D eigenvalue weighted by atomic mass is 10.2. The van der Waals surface area contributed by atoms with Crippen molar-refractivity contribution in [2.24, 2.45) is 0 Å². The first-order valence-corrected chi connectivity index (χ1v) is 9.15. The van der Waals surface area contributed by atoms with Crippen LogP contribution in [0.25, 0.3) is 11.9 Å². The van der Waals surface area contributed by atoms with Crippen LogP contribution in [0.2, 0.25) is 0 Å². The molecule has 146 valence electrons. The van der Waals surface area contributed by atoms with Crippen LogP contribution >= 0.6 is 0 Å². The van der Waals surface area contributed by atoms with Gasteiger partial charge in [-0.2, -0.15) is 5.10 Å². The molecule has 0 aliphatic heterocycles. The maximum Gasteiger partial charge on any atom is 0.331 e. The first kappa shape index (κ1) is 20.5. The van der Waals surface area contributed by atoms with Crippen molar-refractivity contribution in [3.05, 3.63) is 41.4 Å². The van der Waals surface area contributed by atoms with Gasteiger partial charge in [0.25, 0.3) is 5.91 Å². The predicted octanol–water partition coefficient (Wildman–Crippen LogP) is 2.95. The molecule has 0 fully saturated rings. The molecule has 0 aliphatic rings. The molecule has 1 atom stereocenters. The minimum Gasteiger partial charge on any atom is -0.449 e. The fourth-order valence-electron chi connectivity index (χ4n) is 2.93. The van der Waals surface area contributed by atoms with Crippen molar-refractivity contribution in [2.45, 2.75) is 53.7 Å². The van der Waals surface area contributed by atoms with Crippen LogP contribution in [-0.2, 0) is 14.3 Å². The highest BCUT2D eigenvalue weighted by atomic mass is 16.5. The molecule has 0 bridgehead atoms. The SMILES string of the molecule is CCNC(=O)[C@H](C)OC(=O)/C=C/c1cc(C)n(-c2ccnn2C(C)C)c1C. The maximum atomic E-state index is 12.0. The predicted molar refractivity (Wildman–Crippen MR) is 105 cm³/mol. The van der Waals surface area contributed by atoms with E-state index in [1.807, 2.05) is 37.6 Å². The van der Waals surface area contributed by atoms with Gasteiger partial charge in [-0.1, -0.05) is 0 Å². The summed E-state index contributed by atoms with van der Waals surface area (Å²) < 4.78 is 9.19. The Hall–Kier alpha value is -2.83. The van der Waals surface area contributed by atoms with E-state index in [2.05, 4.69) is 28.8 Å². The minimum atomic E-state index is -0.824. The lowest BCUT2D eigenvalue weighted by molar-refractivity contribution is -0.150. The molecule has 2 heterocycles. The fraction of sp³-hybridized carbons (Fsp3) is 0.450. The van der Waals surface area contributed by atoms with Crippen LogP contribution in [0.15, 0.2) is 24.4 Å². The number of likely N-dealkylation sites (N-methyl/N-ethyl adjacent to an activating group) is 1. The summed E-state index contributed by atoms with van der Waals surface area (Å²) in [6.45, 7) is 12.0. The van der Waals surface area contributed by atoms with Gasteiger partial charge in [-0.05, 0) is 59.2 Å². The van der Waals surface area contributed by atoms with Gasteiger partial charge in [-0.15, -0.1) is 0 Å². The van der Waals surface area contributed by atoms with Crippen molar-refractivity contribution in [1.29, 1.82) is 0 Å². The van der Waals surface area contributed by atoms with E-state index >= 15 is 0 Å². The number of aryl methyl sites for hydroxylation is 1. The first-order valence-electron chi connectivity index (χ1n) is 9.15. The number of hydrogen-bond acceptors (Lipinski definition) is 4. The highest BCUT2D eigenvalue weighted by Crippen LogP contribution is 2.23. The molecule has 7 heteroatoms. The van der Waals surface area contributed by atoms with Gasteiger partial charge in [0.15, 0.2) is 6.10 Å². The van der Waals surface area contributed by atoms with Crippen LogP contribution in [0.4, 0.5) is 0 Å². The van der Waals surface area contributed by atoms with Gasteiger partial charge in [0.2, 0.25) is 0 Å². The second kappa shape index (κ2) is 8.70. The van der Waals surface area contributed by atoms with Gasteiger partial charge in [-0.3, -0.25) is 4.79 Å². The smallest absolute Gasteiger partial charge is 0.331 e. The number of carbonyl (C=O) groups excluding carboxylic acids is 2. The zero-order chi connectivity index (χ0) is 20.1. The van der Waals surface area contributed by atoms with E-state index < -0.39 is 12.1 Å². The molecule has 0 saturated carbocycles. The second-order valence-electron chi connectivity index (χ2n) is 6.70. The zero-order valence-electron chi connectivity index (χ0n) is 16.8. The molecule has 1 amide bonds. The zero-order valence-corrected chi connectivity index (χ0v) is 16.8. The Kier molecular flexibility index (Phi) is 6.60. The number of rotatable bonds is 7. The third-order valence-corrected chi connectivity index (χ3v) is 4.25. The van der Waals surface area contributed by atoms with Crippen molar-refractivity contribution < 1.29 is 14.3 Å². The van der Waals surface area contributed by atoms with Crippen LogP contribution in [0.1, 0.15) is 50.7 Å². The normalized spacial score (nSPS) is 12.6. The van der Waals surface area contributed by atoms with Gasteiger partial charge in [0, 0.05) is 36.1 Å². The third kappa shape index (κ3) is 4.67. The van der Waals surface area contributed by atoms with Crippen LogP contribution in [0, 0.1) is 13.8 Å². The maximum absolute atomic E-state index is 12.0. The number of nitrogens with one attached hydrogen (secondary N) is 1. The number of aromatic nitrogens is 3. The van der Waals surface area contributed by atoms with E-state index in [4.69, 9.17) is 4.74 Å². The molecule has 0 radical (unpaired) electrons. The number of carbonyl (C=O) groups is 2. The van der Waals surface area contributed by atoms with E-state index in [-0.39, 0.29) is 11.9 Å². The van der Waals surface area contributed by atoms with E-state index in [1.165, 1.54) is 6.08 Å². The van der Waals surface area contributed by atoms with Crippen LogP contribution in [0.5, 0.6) is 0 Å². The van der Waals surface area contributed by atoms with E-state index in [0.717, 1.165) is 22.8 Å². The monoisotopic (exact) mass is 372 g/mol. The molecule has 27 heavy (non-hydrogen) atoms. The summed E-state index contributed by atoms with van der Waals surface area (Å²) in [5.41, 5.74) is 2.95. The number of ether oxygens (including phenoxy) is 1. The molecule has 0 spiro atoms. The highest BCUT2D eigenvalue weighted by Gasteiger charge is 2.16. The number of nitrogens with zero attached hydrogens (tertiary/aromatic N) is 3. The average molecular weight is 372 g/mol. The molecular weight excluding hydrogens is 344 g/mol. The van der Waals surface area contributed by atoms with Gasteiger partial charge < -0.3 is 14.6 Å². The summed E-state index contributed by atoms with van der Waals surface area (Å²) in [6, 6.07) is 4.21. The molecule has 0 unspecified atom stereocenters. The summed E-state index contributed by atoms with van der Waals surface area (Å²) in [7, 11) is 0. The lowest BCUT2D eigenvalue weighted by Gasteiger charge is -2.15. The number of hydrogen-bond donors (Lipinski definition) is 1. The van der Waals surface area contributed by atoms with Crippen molar-refractivity contribution in [1.82, 2.24) is 19.7 Å². The van der Waals surface area contributed by atoms with E-state index in [9.17, 15) is 9.59 Å². The van der Waals surface area contributed by atoms with Crippen molar-refractivity contribution in [3.63, 3.8) is 0 Å². The minimum absolute atomic E-state index is 0.237. The summed E-state index contributed by atoms with van der Waals surface area (Å²) in [4.78, 5) is 23.6. The summed E-state index contributed by atoms with van der Waals surface area (Å²) in [5, 5.41) is 7.01. The summed E-state index contributed by atoms with van der Waals surface area (Å²) in [5.74, 6) is 0.122. The third-order valence-electron chi connectivity index (χ3n) is 4.25. The Morgan fingerprint density at radius 3 is 2.63 bits per heavy atom. The van der Waals surface area contributed by atoms with Gasteiger partial charge in [0.1, 0.15) is 5.82 Å². The Labute approximate surface area is 160 Å². The first-order chi connectivity index (χ1) is 12.8. The van der Waals surface area contributed by atoms with Crippen molar-refractivity contribution in [2.75, 3.05) is 6.54 Å². The second-order valence-corrected chi connectivity index (χ2v) is 6.70. The molecule has 0 saturated heterocycles. The molecule has 2 rings (SSSR count). The van der Waals surface area contributed by atoms with Crippen LogP contribution < -0.4 is 5.32 Å². The van der Waals surface area contributed by atoms with Gasteiger partial charge >= 0.3 is 5.97 Å². The quantitative estimate of drug-likeness (QED) is 0.599. The van der Waals surface area contributed by atoms with E-state index in [1.54, 1.807) is 19.2 Å². The Balaban J connectivity index is 2.19. The number of esters is 1. The summed E-state index contributed by atoms with van der Waals surface area (Å²) in [6.07, 6.45) is 4.02. The lowest BCUT2D eigenvalue weighted by Crippen LogP contribution is -2.35. The van der Waals surface area contributed by atoms with Crippen molar-refractivity contribution >= 4 is 18.0 Å². The van der Waals surface area contributed by atoms with Crippen molar-refractivity contribution in [3.8, 4) is 5.82 Å². The standard InChI is InChI=1S/C20H28N4O3/c1-7-21-20(26)16(6)27-19(25)9-8-17-12-14(4)23(15(17)5)18-10-11-22-24(18)13(2)3/h8-13,16H,7H2,1-6H3,(H,21,26)/b9-8+/t16-/m0/s1. The molecule has 1 N–H and O–H groups in total. The molecule has 2 aromatic heterocycles. The highest BCUT2D eigenvalue weighted by molar-refractivity contribution is 5.90. The molecular formula is C20H28N4O3. The van der Waals surface area contributed by atoms with Crippen LogP contribution in [0.3, 0.4) is 0 Å². The van der Waals surface area contributed by atoms with E-state index in [0.29, 0.717) is 6.54 Å². The molecule has 7 nitrogen and oxygen atoms in total. The Morgan fingerprint density at radius 2 is 2.00 bits per heavy atom. The molecule has 0 aromatic carbocycles. The molecule has 2 aromatic rings. The topological polar surface area (TPSA) is 78.2 Å². The Bertz CT molecular complexity index is 846. The van der Waals surface area contributed by atoms with Gasteiger partial charge in [0.05, 0.1) is 6.20 Å². The largest absolute Gasteiger partial charge is 0.449 e. The summed E-state index contributed by atoms with van der Waals surface area (Å²) >= 11 is 0. The molecule has 0 aliphatic carbocycles. The fourth-order valence-corrected chi connectivity index (χ4v) is 2.93.